The van der Waals surface area contributed by atoms with Crippen LogP contribution in [-0.4, -0.2) is 25.1 Å². The van der Waals surface area contributed by atoms with Crippen LogP contribution < -0.4 is 5.32 Å². The molecule has 4 rings (SSSR count). The summed E-state index contributed by atoms with van der Waals surface area (Å²) in [6, 6.07) is 9.69. The van der Waals surface area contributed by atoms with E-state index in [1.165, 1.54) is 6.33 Å². The van der Waals surface area contributed by atoms with Gasteiger partial charge < -0.3 is 9.84 Å². The minimum Gasteiger partial charge on any atom is -0.360 e. The number of fused-ring (bicyclic) bond motifs is 1. The van der Waals surface area contributed by atoms with Crippen molar-refractivity contribution >= 4 is 39.3 Å². The smallest absolute Gasteiger partial charge is 0.246 e. The summed E-state index contributed by atoms with van der Waals surface area (Å²) in [5.41, 5.74) is 1.75. The van der Waals surface area contributed by atoms with Crippen molar-refractivity contribution in [2.24, 2.45) is 0 Å². The van der Waals surface area contributed by atoms with Gasteiger partial charge in [-0.1, -0.05) is 5.16 Å². The third kappa shape index (κ3) is 3.04. The second kappa shape index (κ2) is 6.48. The molecule has 4 aromatic rings. The third-order valence-electron chi connectivity index (χ3n) is 3.41. The van der Waals surface area contributed by atoms with Crippen molar-refractivity contribution in [2.45, 2.75) is 6.54 Å². The monoisotopic (exact) mass is 430 g/mol. The van der Waals surface area contributed by atoms with Crippen molar-refractivity contribution in [2.75, 3.05) is 5.32 Å². The molecule has 8 heteroatoms. The first kappa shape index (κ1) is 14.9. The summed E-state index contributed by atoms with van der Waals surface area (Å²) in [6.45, 7) is 0.385. The molecule has 0 saturated carbocycles. The first-order chi connectivity index (χ1) is 11.8. The Balaban J connectivity index is 1.56. The van der Waals surface area contributed by atoms with Gasteiger partial charge in [0.25, 0.3) is 0 Å². The summed E-state index contributed by atoms with van der Waals surface area (Å²) < 4.78 is 6.41. The highest BCUT2D eigenvalue weighted by Crippen LogP contribution is 2.22. The molecule has 7 nitrogen and oxygen atoms in total. The average Bonchev–Trinajstić information content (AvgIpc) is 3.10. The zero-order valence-electron chi connectivity index (χ0n) is 12.3. The standard InChI is InChI=1S/C16H11IN6O/c17-11-1-2-13-12(7-11)16(21-9-20-13)19-8-14-22-15(23-24-14)10-3-5-18-6-4-10/h1-7,9H,8H2,(H,19,20,21). The molecule has 1 N–H and O–H groups in total. The van der Waals surface area contributed by atoms with Crippen molar-refractivity contribution < 1.29 is 4.52 Å². The highest BCUT2D eigenvalue weighted by Gasteiger charge is 2.10. The van der Waals surface area contributed by atoms with Gasteiger partial charge in [-0.15, -0.1) is 0 Å². The van der Waals surface area contributed by atoms with Crippen LogP contribution in [0, 0.1) is 3.57 Å². The third-order valence-corrected chi connectivity index (χ3v) is 4.08. The number of hydrogen-bond donors (Lipinski definition) is 1. The molecule has 1 aromatic carbocycles. The number of hydrogen-bond acceptors (Lipinski definition) is 7. The topological polar surface area (TPSA) is 89.6 Å². The van der Waals surface area contributed by atoms with Gasteiger partial charge >= 0.3 is 0 Å². The molecule has 0 atom stereocenters. The molecule has 0 amide bonds. The lowest BCUT2D eigenvalue weighted by Gasteiger charge is -2.06. The molecule has 0 unspecified atom stereocenters. The fourth-order valence-corrected chi connectivity index (χ4v) is 2.77. The van der Waals surface area contributed by atoms with Gasteiger partial charge in [0.2, 0.25) is 11.7 Å². The van der Waals surface area contributed by atoms with E-state index in [-0.39, 0.29) is 0 Å². The molecule has 3 heterocycles. The lowest BCUT2D eigenvalue weighted by molar-refractivity contribution is 0.384. The van der Waals surface area contributed by atoms with Crippen LogP contribution in [0.1, 0.15) is 5.89 Å². The molecule has 0 aliphatic rings. The van der Waals surface area contributed by atoms with Gasteiger partial charge in [-0.2, -0.15) is 4.98 Å². The zero-order valence-corrected chi connectivity index (χ0v) is 14.5. The Morgan fingerprint density at radius 3 is 2.83 bits per heavy atom. The molecular weight excluding hydrogens is 419 g/mol. The lowest BCUT2D eigenvalue weighted by Crippen LogP contribution is -2.03. The van der Waals surface area contributed by atoms with Crippen molar-refractivity contribution in [3.05, 3.63) is 58.5 Å². The molecular formula is C16H11IN6O. The first-order valence-electron chi connectivity index (χ1n) is 7.17. The summed E-state index contributed by atoms with van der Waals surface area (Å²) in [6.07, 6.45) is 4.92. The summed E-state index contributed by atoms with van der Waals surface area (Å²) >= 11 is 2.27. The van der Waals surface area contributed by atoms with Crippen LogP contribution >= 0.6 is 22.6 Å². The summed E-state index contributed by atoms with van der Waals surface area (Å²) in [5, 5.41) is 8.18. The average molecular weight is 430 g/mol. The largest absolute Gasteiger partial charge is 0.360 e. The Kier molecular flexibility index (Phi) is 4.03. The molecule has 0 fully saturated rings. The van der Waals surface area contributed by atoms with Gasteiger partial charge in [0.05, 0.1) is 12.1 Å². The van der Waals surface area contributed by atoms with E-state index in [0.29, 0.717) is 18.3 Å². The van der Waals surface area contributed by atoms with Crippen LogP contribution in [0.4, 0.5) is 5.82 Å². The van der Waals surface area contributed by atoms with Gasteiger partial charge in [0.1, 0.15) is 12.1 Å². The van der Waals surface area contributed by atoms with Crippen molar-refractivity contribution in [3.63, 3.8) is 0 Å². The minimum atomic E-state index is 0.385. The Hall–Kier alpha value is -2.62. The number of pyridine rings is 1. The Labute approximate surface area is 150 Å². The van der Waals surface area contributed by atoms with E-state index in [2.05, 4.69) is 53.0 Å². The molecule has 0 aliphatic heterocycles. The van der Waals surface area contributed by atoms with Gasteiger partial charge in [-0.3, -0.25) is 4.98 Å². The number of aromatic nitrogens is 5. The fraction of sp³-hybridized carbons (Fsp3) is 0.0625. The number of nitrogens with zero attached hydrogens (tertiary/aromatic N) is 5. The van der Waals surface area contributed by atoms with Crippen LogP contribution in [0.15, 0.2) is 53.6 Å². The predicted octanol–water partition coefficient (Wildman–Crippen LogP) is 3.29. The van der Waals surface area contributed by atoms with E-state index in [0.717, 1.165) is 25.9 Å². The highest BCUT2D eigenvalue weighted by molar-refractivity contribution is 14.1. The molecule has 0 aliphatic carbocycles. The molecule has 118 valence electrons. The predicted molar refractivity (Wildman–Crippen MR) is 97.1 cm³/mol. The minimum absolute atomic E-state index is 0.385. The Bertz CT molecular complexity index is 988. The van der Waals surface area contributed by atoms with Crippen LogP contribution in [0.3, 0.4) is 0 Å². The summed E-state index contributed by atoms with van der Waals surface area (Å²) in [7, 11) is 0. The number of benzene rings is 1. The second-order valence-corrected chi connectivity index (χ2v) is 6.23. The van der Waals surface area contributed by atoms with Crippen molar-refractivity contribution in [1.82, 2.24) is 25.1 Å². The van der Waals surface area contributed by atoms with E-state index in [1.54, 1.807) is 12.4 Å². The molecule has 0 saturated heterocycles. The Morgan fingerprint density at radius 1 is 1.08 bits per heavy atom. The normalized spacial score (nSPS) is 10.9. The van der Waals surface area contributed by atoms with Crippen LogP contribution in [0.25, 0.3) is 22.3 Å². The number of halogens is 1. The van der Waals surface area contributed by atoms with Crippen LogP contribution in [0.5, 0.6) is 0 Å². The van der Waals surface area contributed by atoms with Crippen molar-refractivity contribution in [1.29, 1.82) is 0 Å². The van der Waals surface area contributed by atoms with Crippen LogP contribution in [0.2, 0.25) is 0 Å². The van der Waals surface area contributed by atoms with Gasteiger partial charge in [-0.25, -0.2) is 9.97 Å². The van der Waals surface area contributed by atoms with Crippen molar-refractivity contribution in [3.8, 4) is 11.4 Å². The molecule has 3 aromatic heterocycles. The molecule has 0 bridgehead atoms. The number of nitrogens with one attached hydrogen (secondary N) is 1. The van der Waals surface area contributed by atoms with Gasteiger partial charge in [-0.05, 0) is 52.9 Å². The van der Waals surface area contributed by atoms with E-state index in [1.807, 2.05) is 30.3 Å². The van der Waals surface area contributed by atoms with E-state index in [4.69, 9.17) is 4.52 Å². The SMILES string of the molecule is Ic1ccc2ncnc(NCc3nc(-c4ccncc4)no3)c2c1. The van der Waals surface area contributed by atoms with Gasteiger partial charge in [0, 0.05) is 26.9 Å². The summed E-state index contributed by atoms with van der Waals surface area (Å²) in [5.74, 6) is 1.76. The van der Waals surface area contributed by atoms with E-state index >= 15 is 0 Å². The highest BCUT2D eigenvalue weighted by atomic mass is 127. The maximum Gasteiger partial charge on any atom is 0.246 e. The van der Waals surface area contributed by atoms with E-state index in [9.17, 15) is 0 Å². The lowest BCUT2D eigenvalue weighted by atomic mass is 10.2. The maximum absolute atomic E-state index is 5.29. The Morgan fingerprint density at radius 2 is 1.96 bits per heavy atom. The molecule has 0 radical (unpaired) electrons. The quantitative estimate of drug-likeness (QED) is 0.497. The number of rotatable bonds is 4. The van der Waals surface area contributed by atoms with Gasteiger partial charge in [0.15, 0.2) is 0 Å². The molecule has 24 heavy (non-hydrogen) atoms. The van der Waals surface area contributed by atoms with Crippen LogP contribution in [-0.2, 0) is 6.54 Å². The second-order valence-electron chi connectivity index (χ2n) is 4.98. The fourth-order valence-electron chi connectivity index (χ4n) is 2.27. The summed E-state index contributed by atoms with van der Waals surface area (Å²) in [4.78, 5) is 16.9. The zero-order chi connectivity index (χ0) is 16.4. The maximum atomic E-state index is 5.29. The molecule has 0 spiro atoms. The number of anilines is 1. The van der Waals surface area contributed by atoms with E-state index < -0.39 is 0 Å². The first-order valence-corrected chi connectivity index (χ1v) is 8.24.